The van der Waals surface area contributed by atoms with Gasteiger partial charge in [-0.25, -0.2) is 15.4 Å². The van der Waals surface area contributed by atoms with Gasteiger partial charge in [-0.1, -0.05) is 11.6 Å². The molecule has 0 amide bonds. The predicted octanol–water partition coefficient (Wildman–Crippen LogP) is 1.94. The maximum absolute atomic E-state index is 9.58. The molecule has 0 atom stereocenters. The van der Waals surface area contributed by atoms with Crippen LogP contribution in [0.5, 0.6) is 5.75 Å². The van der Waals surface area contributed by atoms with Gasteiger partial charge in [0.05, 0.1) is 6.21 Å². The van der Waals surface area contributed by atoms with E-state index in [1.165, 1.54) is 6.21 Å². The zero-order chi connectivity index (χ0) is 12.1. The van der Waals surface area contributed by atoms with Crippen LogP contribution in [-0.4, -0.2) is 21.3 Å². The molecular formula is C12H12N4O. The molecule has 0 bridgehead atoms. The summed E-state index contributed by atoms with van der Waals surface area (Å²) >= 11 is 0. The van der Waals surface area contributed by atoms with E-state index < -0.39 is 0 Å². The summed E-state index contributed by atoms with van der Waals surface area (Å²) in [5.74, 6) is 0.603. The fraction of sp³-hybridized carbons (Fsp3) is 0.0833. The molecule has 0 fully saturated rings. The van der Waals surface area contributed by atoms with Crippen molar-refractivity contribution in [2.45, 2.75) is 6.92 Å². The molecule has 0 saturated heterocycles. The van der Waals surface area contributed by atoms with E-state index in [0.29, 0.717) is 11.5 Å². The van der Waals surface area contributed by atoms with Crippen LogP contribution in [0.1, 0.15) is 11.1 Å². The van der Waals surface area contributed by atoms with Crippen LogP contribution in [0.15, 0.2) is 41.8 Å². The topological polar surface area (TPSA) is 70.4 Å². The number of nitrogens with zero attached hydrogens (tertiary/aromatic N) is 3. The average molecular weight is 228 g/mol. The summed E-state index contributed by atoms with van der Waals surface area (Å²) in [5.41, 5.74) is 4.38. The first-order valence-electron chi connectivity index (χ1n) is 5.11. The van der Waals surface area contributed by atoms with Crippen LogP contribution in [0.25, 0.3) is 0 Å². The van der Waals surface area contributed by atoms with Gasteiger partial charge in [-0.2, -0.15) is 5.10 Å². The number of hydrogen-bond acceptors (Lipinski definition) is 5. The maximum atomic E-state index is 9.58. The number of benzene rings is 1. The molecule has 2 aromatic rings. The third-order valence-corrected chi connectivity index (χ3v) is 2.12. The Hall–Kier alpha value is -2.43. The molecule has 0 aliphatic heterocycles. The molecule has 5 heteroatoms. The molecule has 2 N–H and O–H groups in total. The SMILES string of the molecule is Cc1ccc(O)c(/C=N/Nc2ncccn2)c1. The Morgan fingerprint density at radius 3 is 2.82 bits per heavy atom. The summed E-state index contributed by atoms with van der Waals surface area (Å²) in [6, 6.07) is 7.03. The molecule has 17 heavy (non-hydrogen) atoms. The first kappa shape index (κ1) is 11.1. The Morgan fingerprint density at radius 2 is 2.06 bits per heavy atom. The number of phenolic OH excluding ortho intramolecular Hbond substituents is 1. The first-order chi connectivity index (χ1) is 8.25. The largest absolute Gasteiger partial charge is 0.507 e. The lowest BCUT2D eigenvalue weighted by Crippen LogP contribution is -1.95. The van der Waals surface area contributed by atoms with Crippen molar-refractivity contribution in [3.05, 3.63) is 47.8 Å². The molecule has 1 heterocycles. The van der Waals surface area contributed by atoms with Crippen LogP contribution in [0, 0.1) is 6.92 Å². The maximum Gasteiger partial charge on any atom is 0.243 e. The van der Waals surface area contributed by atoms with Gasteiger partial charge in [0.1, 0.15) is 5.75 Å². The second-order valence-electron chi connectivity index (χ2n) is 3.50. The van der Waals surface area contributed by atoms with E-state index in [-0.39, 0.29) is 5.75 Å². The smallest absolute Gasteiger partial charge is 0.243 e. The second-order valence-corrected chi connectivity index (χ2v) is 3.50. The van der Waals surface area contributed by atoms with Gasteiger partial charge in [0.25, 0.3) is 0 Å². The van der Waals surface area contributed by atoms with Crippen LogP contribution in [-0.2, 0) is 0 Å². The zero-order valence-electron chi connectivity index (χ0n) is 9.33. The van der Waals surface area contributed by atoms with Crippen molar-refractivity contribution in [1.82, 2.24) is 9.97 Å². The molecule has 0 saturated carbocycles. The lowest BCUT2D eigenvalue weighted by Gasteiger charge is -2.00. The van der Waals surface area contributed by atoms with Gasteiger partial charge >= 0.3 is 0 Å². The average Bonchev–Trinajstić information content (AvgIpc) is 2.35. The Labute approximate surface area is 98.9 Å². The number of hydrogen-bond donors (Lipinski definition) is 2. The van der Waals surface area contributed by atoms with Gasteiger partial charge in [0.2, 0.25) is 5.95 Å². The summed E-state index contributed by atoms with van der Waals surface area (Å²) in [6.07, 6.45) is 4.77. The summed E-state index contributed by atoms with van der Waals surface area (Å²) in [6.45, 7) is 1.95. The van der Waals surface area contributed by atoms with Gasteiger partial charge in [0, 0.05) is 18.0 Å². The number of anilines is 1. The molecular weight excluding hydrogens is 216 g/mol. The lowest BCUT2D eigenvalue weighted by molar-refractivity contribution is 0.474. The van der Waals surface area contributed by atoms with Crippen LogP contribution in [0.3, 0.4) is 0 Å². The molecule has 86 valence electrons. The van der Waals surface area contributed by atoms with E-state index in [1.807, 2.05) is 19.1 Å². The summed E-state index contributed by atoms with van der Waals surface area (Å²) in [5, 5.41) is 13.5. The van der Waals surface area contributed by atoms with Crippen molar-refractivity contribution in [3.8, 4) is 5.75 Å². The summed E-state index contributed by atoms with van der Waals surface area (Å²) < 4.78 is 0. The highest BCUT2D eigenvalue weighted by molar-refractivity contribution is 5.83. The third-order valence-electron chi connectivity index (χ3n) is 2.12. The first-order valence-corrected chi connectivity index (χ1v) is 5.11. The van der Waals surface area contributed by atoms with Crippen molar-refractivity contribution in [3.63, 3.8) is 0 Å². The monoisotopic (exact) mass is 228 g/mol. The van der Waals surface area contributed by atoms with Crippen molar-refractivity contribution in [2.75, 3.05) is 5.43 Å². The van der Waals surface area contributed by atoms with E-state index in [2.05, 4.69) is 20.5 Å². The van der Waals surface area contributed by atoms with Crippen LogP contribution in [0.4, 0.5) is 5.95 Å². The lowest BCUT2D eigenvalue weighted by atomic mass is 10.1. The Bertz CT molecular complexity index is 525. The number of hydrazone groups is 1. The zero-order valence-corrected chi connectivity index (χ0v) is 9.33. The fourth-order valence-corrected chi connectivity index (χ4v) is 1.29. The van der Waals surface area contributed by atoms with E-state index in [1.54, 1.807) is 24.5 Å². The van der Waals surface area contributed by atoms with Gasteiger partial charge in [-0.05, 0) is 25.1 Å². The molecule has 5 nitrogen and oxygen atoms in total. The van der Waals surface area contributed by atoms with Crippen LogP contribution < -0.4 is 5.43 Å². The number of aromatic hydroxyl groups is 1. The third kappa shape index (κ3) is 3.01. The Kier molecular flexibility index (Phi) is 3.30. The molecule has 2 rings (SSSR count). The Morgan fingerprint density at radius 1 is 1.29 bits per heavy atom. The van der Waals surface area contributed by atoms with Crippen LogP contribution >= 0.6 is 0 Å². The van der Waals surface area contributed by atoms with Gasteiger partial charge in [-0.3, -0.25) is 0 Å². The molecule has 0 radical (unpaired) electrons. The molecule has 0 spiro atoms. The van der Waals surface area contributed by atoms with Gasteiger partial charge < -0.3 is 5.11 Å². The predicted molar refractivity (Wildman–Crippen MR) is 66.1 cm³/mol. The standard InChI is InChI=1S/C12H12N4O/c1-9-3-4-11(17)10(7-9)8-15-16-12-13-5-2-6-14-12/h2-8,17H,1H3,(H,13,14,16)/b15-8+. The second kappa shape index (κ2) is 5.07. The van der Waals surface area contributed by atoms with Gasteiger partial charge in [0.15, 0.2) is 0 Å². The summed E-state index contributed by atoms with van der Waals surface area (Å²) in [7, 11) is 0. The van der Waals surface area contributed by atoms with Crippen molar-refractivity contribution < 1.29 is 5.11 Å². The minimum Gasteiger partial charge on any atom is -0.507 e. The highest BCUT2D eigenvalue weighted by Crippen LogP contribution is 2.15. The normalized spacial score (nSPS) is 10.6. The molecule has 1 aromatic heterocycles. The fourth-order valence-electron chi connectivity index (χ4n) is 1.29. The highest BCUT2D eigenvalue weighted by Gasteiger charge is 1.97. The number of nitrogens with one attached hydrogen (secondary N) is 1. The van der Waals surface area contributed by atoms with Crippen molar-refractivity contribution in [1.29, 1.82) is 0 Å². The van der Waals surface area contributed by atoms with E-state index in [4.69, 9.17) is 0 Å². The minimum absolute atomic E-state index is 0.190. The molecule has 1 aromatic carbocycles. The number of aryl methyl sites for hydroxylation is 1. The number of rotatable bonds is 3. The quantitative estimate of drug-likeness (QED) is 0.622. The highest BCUT2D eigenvalue weighted by atomic mass is 16.3. The van der Waals surface area contributed by atoms with Crippen molar-refractivity contribution in [2.24, 2.45) is 5.10 Å². The Balaban J connectivity index is 2.08. The molecule has 0 aliphatic carbocycles. The van der Waals surface area contributed by atoms with Gasteiger partial charge in [-0.15, -0.1) is 0 Å². The summed E-state index contributed by atoms with van der Waals surface area (Å²) in [4.78, 5) is 7.90. The number of aromatic nitrogens is 2. The molecule has 0 aliphatic rings. The van der Waals surface area contributed by atoms with E-state index in [0.717, 1.165) is 5.56 Å². The minimum atomic E-state index is 0.190. The molecule has 0 unspecified atom stereocenters. The van der Waals surface area contributed by atoms with Crippen molar-refractivity contribution >= 4 is 12.2 Å². The van der Waals surface area contributed by atoms with E-state index >= 15 is 0 Å². The van der Waals surface area contributed by atoms with Crippen LogP contribution in [0.2, 0.25) is 0 Å². The number of phenols is 1. The van der Waals surface area contributed by atoms with E-state index in [9.17, 15) is 5.11 Å².